The zero-order valence-electron chi connectivity index (χ0n) is 11.7. The fourth-order valence-electron chi connectivity index (χ4n) is 1.64. The maximum absolute atomic E-state index is 10.4. The summed E-state index contributed by atoms with van der Waals surface area (Å²) in [6.07, 6.45) is 0.000833. The predicted molar refractivity (Wildman–Crippen MR) is 75.0 cm³/mol. The first kappa shape index (κ1) is 16.4. The number of carboxylic acid groups (broad SMARTS) is 2. The van der Waals surface area contributed by atoms with Crippen LogP contribution < -0.4 is 10.2 Å². The van der Waals surface area contributed by atoms with Crippen molar-refractivity contribution < 1.29 is 19.8 Å². The minimum Gasteiger partial charge on any atom is -0.550 e. The number of carbonyl (C=O) groups is 2. The summed E-state index contributed by atoms with van der Waals surface area (Å²) in [7, 11) is 0. The lowest BCUT2D eigenvalue weighted by Crippen LogP contribution is -2.27. The maximum atomic E-state index is 10.4. The third-order valence-corrected chi connectivity index (χ3v) is 2.84. The van der Waals surface area contributed by atoms with Gasteiger partial charge in [-0.3, -0.25) is 0 Å². The molecule has 2 aromatic carbocycles. The number of rotatable bonds is 4. The molecule has 0 amide bonds. The number of hydrogen-bond acceptors (Lipinski definition) is 4. The van der Waals surface area contributed by atoms with Crippen molar-refractivity contribution >= 4 is 11.9 Å². The Kier molecular flexibility index (Phi) is 6.68. The molecular formula is C17H16O4-2. The first-order chi connectivity index (χ1) is 10.0. The van der Waals surface area contributed by atoms with Gasteiger partial charge in [-0.25, -0.2) is 0 Å². The van der Waals surface area contributed by atoms with Gasteiger partial charge in [0.05, 0.1) is 0 Å². The molecule has 0 aliphatic heterocycles. The normalized spacial score (nSPS) is 10.9. The van der Waals surface area contributed by atoms with Crippen LogP contribution in [0.25, 0.3) is 0 Å². The van der Waals surface area contributed by atoms with E-state index in [0.29, 0.717) is 0 Å². The first-order valence-electron chi connectivity index (χ1n) is 6.50. The van der Waals surface area contributed by atoms with Crippen LogP contribution in [0.2, 0.25) is 0 Å². The van der Waals surface area contributed by atoms with E-state index in [4.69, 9.17) is 0 Å². The first-order valence-corrected chi connectivity index (χ1v) is 6.50. The third kappa shape index (κ3) is 6.38. The average Bonchev–Trinajstić information content (AvgIpc) is 2.48. The molecule has 2 aromatic rings. The van der Waals surface area contributed by atoms with Gasteiger partial charge in [0.1, 0.15) is 0 Å². The van der Waals surface area contributed by atoms with Crippen LogP contribution in [0.3, 0.4) is 0 Å². The molecule has 0 saturated heterocycles. The van der Waals surface area contributed by atoms with Gasteiger partial charge in [0, 0.05) is 24.3 Å². The van der Waals surface area contributed by atoms with Gasteiger partial charge in [0.25, 0.3) is 0 Å². The zero-order chi connectivity index (χ0) is 15.7. The molecule has 4 heteroatoms. The Morgan fingerprint density at radius 1 is 0.905 bits per heavy atom. The molecule has 0 aliphatic carbocycles. The number of aliphatic carboxylic acids is 2. The van der Waals surface area contributed by atoms with E-state index < -0.39 is 17.9 Å². The average molecular weight is 284 g/mol. The molecular weight excluding hydrogens is 268 g/mol. The second kappa shape index (κ2) is 8.53. The standard InChI is InChI=1S/C9H10O2.C8H8O2/c1-7(9(10)11)8-5-3-2-4-6-8;9-8(10)6-7-4-2-1-3-5-7/h2-7H,1H3,(H,10,11);1-5H,6H2,(H,9,10)/p-2. The van der Waals surface area contributed by atoms with Crippen molar-refractivity contribution in [2.75, 3.05) is 0 Å². The summed E-state index contributed by atoms with van der Waals surface area (Å²) in [5.41, 5.74) is 1.56. The van der Waals surface area contributed by atoms with Crippen LogP contribution in [0.4, 0.5) is 0 Å². The molecule has 4 nitrogen and oxygen atoms in total. The topological polar surface area (TPSA) is 80.3 Å². The van der Waals surface area contributed by atoms with E-state index in [1.54, 1.807) is 43.3 Å². The van der Waals surface area contributed by atoms with E-state index in [-0.39, 0.29) is 6.42 Å². The molecule has 0 saturated carbocycles. The summed E-state index contributed by atoms with van der Waals surface area (Å²) in [5.74, 6) is -2.58. The molecule has 2 rings (SSSR count). The Balaban J connectivity index is 0.000000211. The van der Waals surface area contributed by atoms with Gasteiger partial charge in [0.15, 0.2) is 0 Å². The number of carboxylic acids is 2. The Labute approximate surface area is 123 Å². The highest BCUT2D eigenvalue weighted by molar-refractivity contribution is 5.73. The van der Waals surface area contributed by atoms with Gasteiger partial charge < -0.3 is 19.8 Å². The summed E-state index contributed by atoms with van der Waals surface area (Å²) in [4.78, 5) is 20.4. The minimum absolute atomic E-state index is 0.000833. The van der Waals surface area contributed by atoms with Gasteiger partial charge in [0.2, 0.25) is 0 Å². The van der Waals surface area contributed by atoms with E-state index in [0.717, 1.165) is 11.1 Å². The quantitative estimate of drug-likeness (QED) is 0.819. The second-order valence-electron chi connectivity index (χ2n) is 4.49. The van der Waals surface area contributed by atoms with Crippen molar-refractivity contribution in [3.05, 3.63) is 71.8 Å². The Morgan fingerprint density at radius 3 is 1.81 bits per heavy atom. The lowest BCUT2D eigenvalue weighted by atomic mass is 10.0. The van der Waals surface area contributed by atoms with Crippen LogP contribution in [0, 0.1) is 0 Å². The van der Waals surface area contributed by atoms with Gasteiger partial charge in [-0.05, 0) is 11.1 Å². The van der Waals surface area contributed by atoms with Crippen molar-refractivity contribution in [2.45, 2.75) is 19.3 Å². The predicted octanol–water partition coefficient (Wildman–Crippen LogP) is 0.519. The monoisotopic (exact) mass is 284 g/mol. The number of carbonyl (C=O) groups excluding carboxylic acids is 2. The highest BCUT2D eigenvalue weighted by atomic mass is 16.4. The van der Waals surface area contributed by atoms with Crippen molar-refractivity contribution in [3.63, 3.8) is 0 Å². The van der Waals surface area contributed by atoms with E-state index in [2.05, 4.69) is 0 Å². The van der Waals surface area contributed by atoms with Gasteiger partial charge in [-0.1, -0.05) is 67.6 Å². The largest absolute Gasteiger partial charge is 0.550 e. The molecule has 0 aliphatic rings. The number of hydrogen-bond donors (Lipinski definition) is 0. The van der Waals surface area contributed by atoms with Crippen LogP contribution in [0.15, 0.2) is 60.7 Å². The van der Waals surface area contributed by atoms with Crippen LogP contribution in [-0.4, -0.2) is 11.9 Å². The Hall–Kier alpha value is -2.62. The van der Waals surface area contributed by atoms with Gasteiger partial charge in [-0.15, -0.1) is 0 Å². The maximum Gasteiger partial charge on any atom is 0.0486 e. The summed E-state index contributed by atoms with van der Waals surface area (Å²) in [6, 6.07) is 18.0. The molecule has 0 bridgehead atoms. The van der Waals surface area contributed by atoms with Gasteiger partial charge >= 0.3 is 0 Å². The van der Waals surface area contributed by atoms with E-state index in [1.165, 1.54) is 0 Å². The molecule has 0 radical (unpaired) electrons. The Morgan fingerprint density at radius 2 is 1.38 bits per heavy atom. The molecule has 21 heavy (non-hydrogen) atoms. The molecule has 0 heterocycles. The van der Waals surface area contributed by atoms with Crippen molar-refractivity contribution in [3.8, 4) is 0 Å². The SMILES string of the molecule is CC(C(=O)[O-])c1ccccc1.O=C([O-])Cc1ccccc1. The van der Waals surface area contributed by atoms with Crippen LogP contribution in [0.1, 0.15) is 24.0 Å². The van der Waals surface area contributed by atoms with Crippen molar-refractivity contribution in [1.82, 2.24) is 0 Å². The van der Waals surface area contributed by atoms with Crippen molar-refractivity contribution in [1.29, 1.82) is 0 Å². The summed E-state index contributed by atoms with van der Waals surface area (Å²) < 4.78 is 0. The second-order valence-corrected chi connectivity index (χ2v) is 4.49. The highest BCUT2D eigenvalue weighted by Crippen LogP contribution is 2.12. The van der Waals surface area contributed by atoms with Gasteiger partial charge in [-0.2, -0.15) is 0 Å². The van der Waals surface area contributed by atoms with Crippen LogP contribution >= 0.6 is 0 Å². The molecule has 110 valence electrons. The highest BCUT2D eigenvalue weighted by Gasteiger charge is 2.03. The van der Waals surface area contributed by atoms with E-state index in [9.17, 15) is 19.8 Å². The Bertz CT molecular complexity index is 564. The molecule has 1 unspecified atom stereocenters. The number of benzene rings is 2. The summed E-state index contributed by atoms with van der Waals surface area (Å²) >= 11 is 0. The summed E-state index contributed by atoms with van der Waals surface area (Å²) in [5, 5.41) is 20.4. The fraction of sp³-hybridized carbons (Fsp3) is 0.176. The molecule has 0 fully saturated rings. The molecule has 0 aromatic heterocycles. The van der Waals surface area contributed by atoms with E-state index >= 15 is 0 Å². The van der Waals surface area contributed by atoms with Crippen molar-refractivity contribution in [2.24, 2.45) is 0 Å². The van der Waals surface area contributed by atoms with E-state index in [1.807, 2.05) is 24.3 Å². The fourth-order valence-corrected chi connectivity index (χ4v) is 1.64. The molecule has 0 N–H and O–H groups in total. The minimum atomic E-state index is -1.04. The lowest BCUT2D eigenvalue weighted by molar-refractivity contribution is -0.308. The zero-order valence-corrected chi connectivity index (χ0v) is 11.7. The third-order valence-electron chi connectivity index (χ3n) is 2.84. The van der Waals surface area contributed by atoms with Crippen LogP contribution in [-0.2, 0) is 16.0 Å². The van der Waals surface area contributed by atoms with Crippen LogP contribution in [0.5, 0.6) is 0 Å². The molecule has 1 atom stereocenters. The summed E-state index contributed by atoms with van der Waals surface area (Å²) in [6.45, 7) is 1.62. The molecule has 0 spiro atoms. The lowest BCUT2D eigenvalue weighted by Gasteiger charge is -2.11. The smallest absolute Gasteiger partial charge is 0.0486 e.